The summed E-state index contributed by atoms with van der Waals surface area (Å²) < 4.78 is 33.2. The first kappa shape index (κ1) is 21.9. The molecule has 0 aliphatic heterocycles. The lowest BCUT2D eigenvalue weighted by atomic mass is 10.3. The van der Waals surface area contributed by atoms with Crippen LogP contribution in [0.1, 0.15) is 18.9 Å². The zero-order valence-corrected chi connectivity index (χ0v) is 18.6. The molecule has 1 aromatic heterocycles. The highest BCUT2D eigenvalue weighted by atomic mass is 32.2. The summed E-state index contributed by atoms with van der Waals surface area (Å²) in [4.78, 5) is 17.0. The fourth-order valence-corrected chi connectivity index (χ4v) is 5.30. The fourth-order valence-electron chi connectivity index (χ4n) is 2.94. The topological polar surface area (TPSA) is 88.6 Å². The van der Waals surface area contributed by atoms with Gasteiger partial charge in [0.2, 0.25) is 15.9 Å². The molecular weight excluding hydrogens is 422 g/mol. The maximum atomic E-state index is 12.8. The lowest BCUT2D eigenvalue weighted by molar-refractivity contribution is -0.111. The van der Waals surface area contributed by atoms with E-state index in [9.17, 15) is 13.2 Å². The Hall–Kier alpha value is -2.75. The summed E-state index contributed by atoms with van der Waals surface area (Å²) in [7, 11) is -2.20. The summed E-state index contributed by atoms with van der Waals surface area (Å²) in [6.45, 7) is 4.27. The van der Waals surface area contributed by atoms with Crippen LogP contribution in [0.4, 0.5) is 5.69 Å². The number of benzene rings is 2. The minimum absolute atomic E-state index is 0.0949. The number of anilines is 1. The average Bonchev–Trinajstić information content (AvgIpc) is 3.16. The van der Waals surface area contributed by atoms with Gasteiger partial charge in [0, 0.05) is 19.2 Å². The molecule has 0 spiro atoms. The highest BCUT2D eigenvalue weighted by Gasteiger charge is 2.23. The quantitative estimate of drug-likeness (QED) is 0.530. The molecule has 3 aromatic rings. The maximum Gasteiger partial charge on any atom is 0.248 e. The van der Waals surface area contributed by atoms with E-state index in [2.05, 4.69) is 10.3 Å². The minimum atomic E-state index is -3.65. The Balaban J connectivity index is 1.83. The molecule has 0 unspecified atom stereocenters. The first-order valence-corrected chi connectivity index (χ1v) is 11.7. The van der Waals surface area contributed by atoms with Crippen molar-refractivity contribution in [2.45, 2.75) is 18.7 Å². The van der Waals surface area contributed by atoms with Gasteiger partial charge in [-0.1, -0.05) is 26.0 Å². The number of para-hydroxylation sites is 1. The number of sulfonamides is 1. The lowest BCUT2D eigenvalue weighted by Gasteiger charge is -2.19. The number of ether oxygens (including phenoxy) is 1. The number of fused-ring (bicyclic) bond motifs is 1. The normalized spacial score (nSPS) is 12.0. The first-order chi connectivity index (χ1) is 14.4. The Morgan fingerprint density at radius 1 is 1.20 bits per heavy atom. The molecule has 1 N–H and O–H groups in total. The van der Waals surface area contributed by atoms with Crippen LogP contribution in [0.5, 0.6) is 5.75 Å². The zero-order chi connectivity index (χ0) is 21.7. The molecule has 0 radical (unpaired) electrons. The number of thiazole rings is 1. The summed E-state index contributed by atoms with van der Waals surface area (Å²) in [5, 5.41) is 3.40. The number of amides is 1. The zero-order valence-electron chi connectivity index (χ0n) is 17.0. The van der Waals surface area contributed by atoms with Gasteiger partial charge in [0.1, 0.15) is 10.8 Å². The van der Waals surface area contributed by atoms with E-state index in [0.29, 0.717) is 23.8 Å². The second-order valence-corrected chi connectivity index (χ2v) is 9.29. The molecule has 0 aliphatic carbocycles. The van der Waals surface area contributed by atoms with E-state index in [1.54, 1.807) is 19.9 Å². The number of methoxy groups -OCH3 is 1. The van der Waals surface area contributed by atoms with E-state index in [0.717, 1.165) is 10.2 Å². The second-order valence-electron chi connectivity index (χ2n) is 6.29. The molecule has 7 nitrogen and oxygen atoms in total. The van der Waals surface area contributed by atoms with E-state index in [1.165, 1.54) is 47.0 Å². The van der Waals surface area contributed by atoms with Crippen LogP contribution in [-0.2, 0) is 14.8 Å². The van der Waals surface area contributed by atoms with Crippen molar-refractivity contribution in [2.75, 3.05) is 25.5 Å². The molecule has 0 aliphatic rings. The van der Waals surface area contributed by atoms with Crippen LogP contribution in [0.25, 0.3) is 16.3 Å². The van der Waals surface area contributed by atoms with Crippen molar-refractivity contribution in [3.63, 3.8) is 0 Å². The van der Waals surface area contributed by atoms with Crippen molar-refractivity contribution in [2.24, 2.45) is 0 Å². The number of nitrogens with one attached hydrogen (secondary N) is 1. The van der Waals surface area contributed by atoms with Crippen molar-refractivity contribution in [1.82, 2.24) is 9.29 Å². The molecule has 0 atom stereocenters. The Morgan fingerprint density at radius 2 is 1.93 bits per heavy atom. The van der Waals surface area contributed by atoms with Gasteiger partial charge < -0.3 is 10.1 Å². The minimum Gasteiger partial charge on any atom is -0.495 e. The van der Waals surface area contributed by atoms with Crippen molar-refractivity contribution < 1.29 is 17.9 Å². The van der Waals surface area contributed by atoms with Crippen LogP contribution >= 0.6 is 11.3 Å². The van der Waals surface area contributed by atoms with Gasteiger partial charge in [-0.15, -0.1) is 11.3 Å². The number of aromatic nitrogens is 1. The monoisotopic (exact) mass is 445 g/mol. The van der Waals surface area contributed by atoms with Gasteiger partial charge in [-0.2, -0.15) is 4.31 Å². The van der Waals surface area contributed by atoms with Crippen molar-refractivity contribution in [1.29, 1.82) is 0 Å². The number of hydrogen-bond donors (Lipinski definition) is 1. The van der Waals surface area contributed by atoms with Crippen LogP contribution in [-0.4, -0.2) is 43.8 Å². The van der Waals surface area contributed by atoms with E-state index in [-0.39, 0.29) is 10.6 Å². The number of rotatable bonds is 8. The highest BCUT2D eigenvalue weighted by molar-refractivity contribution is 7.89. The van der Waals surface area contributed by atoms with E-state index < -0.39 is 15.9 Å². The summed E-state index contributed by atoms with van der Waals surface area (Å²) in [6, 6.07) is 12.1. The van der Waals surface area contributed by atoms with Crippen LogP contribution in [0.2, 0.25) is 0 Å². The van der Waals surface area contributed by atoms with Crippen molar-refractivity contribution in [3.8, 4) is 5.75 Å². The molecule has 0 saturated heterocycles. The summed E-state index contributed by atoms with van der Waals surface area (Å²) >= 11 is 1.48. The second kappa shape index (κ2) is 9.38. The lowest BCUT2D eigenvalue weighted by Crippen LogP contribution is -2.30. The maximum absolute atomic E-state index is 12.8. The Labute approximate surface area is 180 Å². The number of carbonyl (C=O) groups is 1. The fraction of sp³-hybridized carbons (Fsp3) is 0.238. The third-order valence-electron chi connectivity index (χ3n) is 4.46. The molecular formula is C21H23N3O4S2. The number of carbonyl (C=O) groups excluding carboxylic acids is 1. The van der Waals surface area contributed by atoms with E-state index in [4.69, 9.17) is 4.74 Å². The highest BCUT2D eigenvalue weighted by Crippen LogP contribution is 2.29. The smallest absolute Gasteiger partial charge is 0.248 e. The molecule has 0 saturated carbocycles. The average molecular weight is 446 g/mol. The number of nitrogens with zero attached hydrogens (tertiary/aromatic N) is 2. The van der Waals surface area contributed by atoms with Crippen LogP contribution in [0.15, 0.2) is 53.4 Å². The van der Waals surface area contributed by atoms with Crippen LogP contribution in [0, 0.1) is 0 Å². The Kier molecular flexibility index (Phi) is 6.86. The van der Waals surface area contributed by atoms with Gasteiger partial charge in [0.25, 0.3) is 0 Å². The van der Waals surface area contributed by atoms with Gasteiger partial charge in [-0.05, 0) is 36.4 Å². The Bertz CT molecular complexity index is 1150. The van der Waals surface area contributed by atoms with Gasteiger partial charge in [0.05, 0.1) is 27.9 Å². The predicted octanol–water partition coefficient (Wildman–Crippen LogP) is 3.99. The molecule has 1 heterocycles. The molecule has 3 rings (SSSR count). The molecule has 158 valence electrons. The SMILES string of the molecule is CCN(CC)S(=O)(=O)c1ccc(OC)c(NC(=O)C=Cc2nc3ccccc3s2)c1. The Morgan fingerprint density at radius 3 is 2.60 bits per heavy atom. The third-order valence-corrected chi connectivity index (χ3v) is 7.51. The molecule has 1 amide bonds. The molecule has 0 fully saturated rings. The van der Waals surface area contributed by atoms with Crippen LogP contribution < -0.4 is 10.1 Å². The van der Waals surface area contributed by atoms with E-state index in [1.807, 2.05) is 24.3 Å². The van der Waals surface area contributed by atoms with Crippen LogP contribution in [0.3, 0.4) is 0 Å². The largest absolute Gasteiger partial charge is 0.495 e. The predicted molar refractivity (Wildman–Crippen MR) is 120 cm³/mol. The first-order valence-electron chi connectivity index (χ1n) is 9.41. The van der Waals surface area contributed by atoms with Gasteiger partial charge in [0.15, 0.2) is 0 Å². The van der Waals surface area contributed by atoms with Crippen molar-refractivity contribution >= 4 is 49.2 Å². The molecule has 2 aromatic carbocycles. The standard InChI is InChI=1S/C21H23N3O4S2/c1-4-24(5-2)30(26,27)15-10-11-18(28-3)17(14-15)22-20(25)12-13-21-23-16-8-6-7-9-19(16)29-21/h6-14H,4-5H2,1-3H3,(H,22,25). The van der Waals surface area contributed by atoms with E-state index >= 15 is 0 Å². The molecule has 30 heavy (non-hydrogen) atoms. The summed E-state index contributed by atoms with van der Waals surface area (Å²) in [5.74, 6) is -0.0415. The third kappa shape index (κ3) is 4.69. The molecule has 0 bridgehead atoms. The summed E-state index contributed by atoms with van der Waals surface area (Å²) in [6.07, 6.45) is 2.99. The number of hydrogen-bond acceptors (Lipinski definition) is 6. The molecule has 9 heteroatoms. The van der Waals surface area contributed by atoms with Gasteiger partial charge >= 0.3 is 0 Å². The van der Waals surface area contributed by atoms with Gasteiger partial charge in [-0.3, -0.25) is 4.79 Å². The van der Waals surface area contributed by atoms with Gasteiger partial charge in [-0.25, -0.2) is 13.4 Å². The summed E-state index contributed by atoms with van der Waals surface area (Å²) in [5.41, 5.74) is 1.16. The van der Waals surface area contributed by atoms with Crippen molar-refractivity contribution in [3.05, 3.63) is 53.5 Å².